The Kier molecular flexibility index (Phi) is 6.23. The number of aryl methyl sites for hydroxylation is 1. The molecule has 3 nitrogen and oxygen atoms in total. The summed E-state index contributed by atoms with van der Waals surface area (Å²) in [6, 6.07) is 22.5. The van der Waals surface area contributed by atoms with Crippen LogP contribution in [0.4, 0.5) is 5.69 Å². The third kappa shape index (κ3) is 4.57. The van der Waals surface area contributed by atoms with Crippen molar-refractivity contribution >= 4 is 68.3 Å². The van der Waals surface area contributed by atoms with Crippen LogP contribution >= 0.6 is 35.4 Å². The Morgan fingerprint density at radius 1 is 0.968 bits per heavy atom. The van der Waals surface area contributed by atoms with E-state index in [2.05, 4.69) is 5.32 Å². The lowest BCUT2D eigenvalue weighted by molar-refractivity contribution is -0.578. The van der Waals surface area contributed by atoms with Crippen LogP contribution in [0.2, 0.25) is 10.0 Å². The molecule has 4 aromatic rings. The summed E-state index contributed by atoms with van der Waals surface area (Å²) in [4.78, 5) is 0.285. The van der Waals surface area contributed by atoms with Gasteiger partial charge in [-0.1, -0.05) is 71.8 Å². The van der Waals surface area contributed by atoms with Crippen molar-refractivity contribution in [2.24, 2.45) is 0 Å². The molecule has 3 aromatic carbocycles. The SMILES string of the molecule is Cc1ccc[n+](/C(C(=S)Nc2cccc3ccccc23)=C(/[O-])c2cc(Cl)ccc2Cl)c1. The monoisotopic (exact) mass is 464 g/mol. The zero-order valence-electron chi connectivity index (χ0n) is 16.6. The van der Waals surface area contributed by atoms with Crippen molar-refractivity contribution in [2.45, 2.75) is 6.92 Å². The van der Waals surface area contributed by atoms with E-state index in [4.69, 9.17) is 35.4 Å². The minimum atomic E-state index is -0.319. The van der Waals surface area contributed by atoms with Gasteiger partial charge in [0.25, 0.3) is 0 Å². The first kappa shape index (κ1) is 21.3. The fourth-order valence-corrected chi connectivity index (χ4v) is 4.07. The van der Waals surface area contributed by atoms with Gasteiger partial charge in [0.05, 0.1) is 0 Å². The normalized spacial score (nSPS) is 11.8. The Morgan fingerprint density at radius 3 is 2.55 bits per heavy atom. The maximum absolute atomic E-state index is 13.6. The number of hydrogen-bond donors (Lipinski definition) is 1. The second-order valence-electron chi connectivity index (χ2n) is 7.07. The number of anilines is 1. The number of fused-ring (bicyclic) bond motifs is 1. The Morgan fingerprint density at radius 2 is 1.74 bits per heavy atom. The largest absolute Gasteiger partial charge is 0.867 e. The summed E-state index contributed by atoms with van der Waals surface area (Å²) < 4.78 is 1.72. The van der Waals surface area contributed by atoms with Gasteiger partial charge in [0.15, 0.2) is 17.4 Å². The van der Waals surface area contributed by atoms with Crippen LogP contribution in [0.1, 0.15) is 11.1 Å². The zero-order valence-corrected chi connectivity index (χ0v) is 18.9. The quantitative estimate of drug-likeness (QED) is 0.177. The Balaban J connectivity index is 1.86. The van der Waals surface area contributed by atoms with Crippen molar-refractivity contribution in [3.8, 4) is 0 Å². The molecule has 31 heavy (non-hydrogen) atoms. The third-order valence-corrected chi connectivity index (χ3v) is 5.71. The summed E-state index contributed by atoms with van der Waals surface area (Å²) in [5.74, 6) is -0.319. The molecule has 1 N–H and O–H groups in total. The van der Waals surface area contributed by atoms with E-state index < -0.39 is 0 Å². The van der Waals surface area contributed by atoms with Crippen LogP contribution in [0.25, 0.3) is 22.2 Å². The molecule has 1 heterocycles. The molecule has 1 aromatic heterocycles. The molecule has 0 aliphatic rings. The van der Waals surface area contributed by atoms with Gasteiger partial charge >= 0.3 is 0 Å². The highest BCUT2D eigenvalue weighted by atomic mass is 35.5. The van der Waals surface area contributed by atoms with E-state index in [1.165, 1.54) is 0 Å². The van der Waals surface area contributed by atoms with Crippen LogP contribution < -0.4 is 15.0 Å². The topological polar surface area (TPSA) is 39.0 Å². The summed E-state index contributed by atoms with van der Waals surface area (Å²) in [6.07, 6.45) is 3.64. The molecule has 0 aliphatic heterocycles. The van der Waals surface area contributed by atoms with E-state index >= 15 is 0 Å². The van der Waals surface area contributed by atoms with Gasteiger partial charge in [-0.2, -0.15) is 4.57 Å². The van der Waals surface area contributed by atoms with Crippen LogP contribution in [0.5, 0.6) is 0 Å². The van der Waals surface area contributed by atoms with Crippen molar-refractivity contribution in [1.29, 1.82) is 0 Å². The van der Waals surface area contributed by atoms with Gasteiger partial charge in [0.2, 0.25) is 5.70 Å². The first-order chi connectivity index (χ1) is 14.9. The van der Waals surface area contributed by atoms with Gasteiger partial charge in [-0.05, 0) is 54.0 Å². The van der Waals surface area contributed by atoms with E-state index in [-0.39, 0.29) is 16.4 Å². The number of thiocarbonyl (C=S) groups is 1. The number of aromatic nitrogens is 1. The van der Waals surface area contributed by atoms with Crippen molar-refractivity contribution in [2.75, 3.05) is 5.32 Å². The predicted molar refractivity (Wildman–Crippen MR) is 131 cm³/mol. The van der Waals surface area contributed by atoms with Crippen molar-refractivity contribution < 1.29 is 9.67 Å². The Labute approximate surface area is 196 Å². The minimum absolute atomic E-state index is 0.285. The van der Waals surface area contributed by atoms with Gasteiger partial charge in [-0.15, -0.1) is 0 Å². The van der Waals surface area contributed by atoms with Gasteiger partial charge < -0.3 is 10.4 Å². The van der Waals surface area contributed by atoms with Crippen LogP contribution in [-0.4, -0.2) is 4.99 Å². The molecule has 0 aliphatic carbocycles. The fraction of sp³-hybridized carbons (Fsp3) is 0.0400. The maximum Gasteiger partial charge on any atom is 0.238 e. The summed E-state index contributed by atoms with van der Waals surface area (Å²) in [5, 5.41) is 19.7. The standard InChI is InChI=1S/C25H18Cl2N2OS/c1-16-6-5-13-29(15-16)23(24(30)20-14-18(26)11-12-21(20)27)25(31)28-22-10-4-8-17-7-2-3-9-19(17)22/h2-15H,1H3,(H-,28,30,31). The van der Waals surface area contributed by atoms with Crippen molar-refractivity contribution in [1.82, 2.24) is 0 Å². The number of nitrogens with one attached hydrogen (secondary N) is 1. The van der Waals surface area contributed by atoms with E-state index in [0.29, 0.717) is 15.6 Å². The van der Waals surface area contributed by atoms with Crippen molar-refractivity contribution in [3.63, 3.8) is 0 Å². The lowest BCUT2D eigenvalue weighted by atomic mass is 10.1. The summed E-state index contributed by atoms with van der Waals surface area (Å²) in [6.45, 7) is 1.95. The lowest BCUT2D eigenvalue weighted by Gasteiger charge is -2.19. The molecule has 0 saturated carbocycles. The molecule has 0 atom stereocenters. The highest BCUT2D eigenvalue weighted by Gasteiger charge is 2.21. The molecule has 0 amide bonds. The van der Waals surface area contributed by atoms with E-state index in [0.717, 1.165) is 22.0 Å². The lowest BCUT2D eigenvalue weighted by Crippen LogP contribution is -2.40. The van der Waals surface area contributed by atoms with Gasteiger partial charge in [0, 0.05) is 32.7 Å². The highest BCUT2D eigenvalue weighted by Crippen LogP contribution is 2.28. The molecule has 0 bridgehead atoms. The average Bonchev–Trinajstić information content (AvgIpc) is 2.76. The number of hydrogen-bond acceptors (Lipinski definition) is 2. The van der Waals surface area contributed by atoms with Gasteiger partial charge in [-0.3, -0.25) is 0 Å². The second kappa shape index (κ2) is 9.06. The average molecular weight is 465 g/mol. The Bertz CT molecular complexity index is 1330. The fourth-order valence-electron chi connectivity index (χ4n) is 3.38. The first-order valence-corrected chi connectivity index (χ1v) is 10.7. The molecule has 0 saturated heterocycles. The number of nitrogens with zero attached hydrogens (tertiary/aromatic N) is 1. The second-order valence-corrected chi connectivity index (χ2v) is 8.32. The van der Waals surface area contributed by atoms with Crippen LogP contribution in [0.15, 0.2) is 85.2 Å². The predicted octanol–water partition coefficient (Wildman–Crippen LogP) is 5.87. The van der Waals surface area contributed by atoms with E-state index in [1.54, 1.807) is 29.0 Å². The smallest absolute Gasteiger partial charge is 0.238 e. The number of halogens is 2. The number of rotatable bonds is 4. The zero-order chi connectivity index (χ0) is 22.0. The van der Waals surface area contributed by atoms with Crippen LogP contribution in [0, 0.1) is 6.92 Å². The summed E-state index contributed by atoms with van der Waals surface area (Å²) in [7, 11) is 0. The minimum Gasteiger partial charge on any atom is -0.867 e. The molecule has 0 unspecified atom stereocenters. The molecular weight excluding hydrogens is 447 g/mol. The van der Waals surface area contributed by atoms with Crippen LogP contribution in [-0.2, 0) is 0 Å². The number of pyridine rings is 1. The van der Waals surface area contributed by atoms with Crippen molar-refractivity contribution in [3.05, 3.63) is 106 Å². The van der Waals surface area contributed by atoms with E-state index in [9.17, 15) is 5.11 Å². The molecule has 0 spiro atoms. The third-order valence-electron chi connectivity index (χ3n) is 4.85. The molecule has 0 fully saturated rings. The first-order valence-electron chi connectivity index (χ1n) is 9.58. The number of benzene rings is 3. The molecule has 4 rings (SSSR count). The molecule has 154 valence electrons. The molecular formula is C25H18Cl2N2OS. The van der Waals surface area contributed by atoms with Gasteiger partial charge in [-0.25, -0.2) is 0 Å². The van der Waals surface area contributed by atoms with E-state index in [1.807, 2.05) is 67.7 Å². The highest BCUT2D eigenvalue weighted by molar-refractivity contribution is 7.81. The Hall–Kier alpha value is -2.92. The molecule has 0 radical (unpaired) electrons. The molecule has 6 heteroatoms. The summed E-state index contributed by atoms with van der Waals surface area (Å²) >= 11 is 18.2. The maximum atomic E-state index is 13.6. The van der Waals surface area contributed by atoms with Gasteiger partial charge in [0.1, 0.15) is 0 Å². The summed E-state index contributed by atoms with van der Waals surface area (Å²) in [5.41, 5.74) is 2.38. The van der Waals surface area contributed by atoms with Crippen LogP contribution in [0.3, 0.4) is 0 Å².